The van der Waals surface area contributed by atoms with E-state index in [1.54, 1.807) is 0 Å². The minimum absolute atomic E-state index is 0. The molecule has 1 rings (SSSR count). The van der Waals surface area contributed by atoms with Gasteiger partial charge < -0.3 is 12.6 Å². The number of rotatable bonds is 13. The Kier molecular flexibility index (Phi) is 15.9. The predicted molar refractivity (Wildman–Crippen MR) is 96.9 cm³/mol. The van der Waals surface area contributed by atoms with Crippen molar-refractivity contribution in [3.05, 3.63) is 29.8 Å². The molecule has 0 heterocycles. The van der Waals surface area contributed by atoms with E-state index in [1.807, 2.05) is 12.1 Å². The van der Waals surface area contributed by atoms with Crippen LogP contribution in [0.25, 0.3) is 0 Å². The SMILES string of the molecule is CCCCCCCCCCCCCCc1ccccc1[S-].[Li+]. The standard InChI is InChI=1S/C20H34S.Li/c1-2-3-4-5-6-7-8-9-10-11-12-13-16-19-17-14-15-18-20(19)21;/h14-15,17-18,21H,2-13,16H2,1H3;/q;+1/p-1. The monoisotopic (exact) mass is 312 g/mol. The first-order chi connectivity index (χ1) is 10.3. The van der Waals surface area contributed by atoms with Gasteiger partial charge in [-0.05, 0) is 12.8 Å². The Morgan fingerprint density at radius 3 is 1.64 bits per heavy atom. The van der Waals surface area contributed by atoms with E-state index in [0.29, 0.717) is 0 Å². The van der Waals surface area contributed by atoms with Gasteiger partial charge in [0.2, 0.25) is 0 Å². The largest absolute Gasteiger partial charge is 1.00 e. The van der Waals surface area contributed by atoms with Gasteiger partial charge in [-0.2, -0.15) is 4.90 Å². The van der Waals surface area contributed by atoms with E-state index in [1.165, 1.54) is 82.6 Å². The number of hydrogen-bond acceptors (Lipinski definition) is 1. The van der Waals surface area contributed by atoms with Crippen LogP contribution in [0.3, 0.4) is 0 Å². The van der Waals surface area contributed by atoms with Crippen LogP contribution in [0.4, 0.5) is 0 Å². The van der Waals surface area contributed by atoms with Crippen LogP contribution in [0.15, 0.2) is 29.2 Å². The van der Waals surface area contributed by atoms with E-state index in [9.17, 15) is 0 Å². The Morgan fingerprint density at radius 1 is 0.682 bits per heavy atom. The van der Waals surface area contributed by atoms with Gasteiger partial charge in [-0.1, -0.05) is 107 Å². The predicted octanol–water partition coefficient (Wildman–Crippen LogP) is 3.84. The van der Waals surface area contributed by atoms with Crippen LogP contribution in [0.1, 0.15) is 89.5 Å². The molecule has 0 spiro atoms. The Labute approximate surface area is 156 Å². The molecule has 0 unspecified atom stereocenters. The third kappa shape index (κ3) is 11.6. The first-order valence-corrected chi connectivity index (χ1v) is 9.50. The quantitative estimate of drug-likeness (QED) is 0.303. The zero-order valence-corrected chi connectivity index (χ0v) is 15.7. The summed E-state index contributed by atoms with van der Waals surface area (Å²) in [5, 5.41) is 0. The van der Waals surface area contributed by atoms with Gasteiger partial charge in [-0.25, -0.2) is 0 Å². The normalized spacial score (nSPS) is 10.4. The maximum Gasteiger partial charge on any atom is 1.00 e. The summed E-state index contributed by atoms with van der Waals surface area (Å²) in [6, 6.07) is 8.37. The van der Waals surface area contributed by atoms with Gasteiger partial charge in [-0.15, -0.1) is 0 Å². The number of aryl methyl sites for hydroxylation is 1. The number of unbranched alkanes of at least 4 members (excludes halogenated alkanes) is 11. The molecule has 0 atom stereocenters. The number of benzene rings is 1. The van der Waals surface area contributed by atoms with E-state index >= 15 is 0 Å². The average molecular weight is 312 g/mol. The Balaban J connectivity index is 0.00000441. The molecule has 0 saturated carbocycles. The molecule has 0 aliphatic heterocycles. The summed E-state index contributed by atoms with van der Waals surface area (Å²) in [4.78, 5) is 1.04. The summed E-state index contributed by atoms with van der Waals surface area (Å²) in [5.41, 5.74) is 1.36. The molecule has 0 aliphatic carbocycles. The van der Waals surface area contributed by atoms with E-state index in [2.05, 4.69) is 19.1 Å². The molecular weight excluding hydrogens is 279 g/mol. The van der Waals surface area contributed by atoms with Crippen molar-refractivity contribution < 1.29 is 18.9 Å². The van der Waals surface area contributed by atoms with Crippen molar-refractivity contribution in [1.29, 1.82) is 0 Å². The zero-order chi connectivity index (χ0) is 15.2. The molecule has 22 heavy (non-hydrogen) atoms. The van der Waals surface area contributed by atoms with E-state index < -0.39 is 0 Å². The minimum Gasteiger partial charge on any atom is -0.779 e. The van der Waals surface area contributed by atoms with E-state index in [0.717, 1.165) is 11.3 Å². The maximum atomic E-state index is 5.34. The van der Waals surface area contributed by atoms with Gasteiger partial charge >= 0.3 is 18.9 Å². The van der Waals surface area contributed by atoms with Crippen molar-refractivity contribution in [2.24, 2.45) is 0 Å². The third-order valence-corrected chi connectivity index (χ3v) is 4.67. The van der Waals surface area contributed by atoms with Crippen molar-refractivity contribution in [2.75, 3.05) is 0 Å². The fourth-order valence-corrected chi connectivity index (χ4v) is 3.12. The summed E-state index contributed by atoms with van der Waals surface area (Å²) >= 11 is 5.34. The van der Waals surface area contributed by atoms with Gasteiger partial charge in [-0.3, -0.25) is 0 Å². The van der Waals surface area contributed by atoms with Gasteiger partial charge in [0.15, 0.2) is 0 Å². The summed E-state index contributed by atoms with van der Waals surface area (Å²) in [6.07, 6.45) is 18.1. The molecular formula is C20H33LiS. The molecule has 120 valence electrons. The Morgan fingerprint density at radius 2 is 1.14 bits per heavy atom. The van der Waals surface area contributed by atoms with Crippen LogP contribution in [0, 0.1) is 0 Å². The summed E-state index contributed by atoms with van der Waals surface area (Å²) in [5.74, 6) is 0. The molecule has 2 heteroatoms. The van der Waals surface area contributed by atoms with Crippen LogP contribution < -0.4 is 18.9 Å². The molecule has 0 fully saturated rings. The molecule has 0 aromatic heterocycles. The van der Waals surface area contributed by atoms with Crippen LogP contribution >= 0.6 is 0 Å². The van der Waals surface area contributed by atoms with Crippen LogP contribution in [0.2, 0.25) is 0 Å². The van der Waals surface area contributed by atoms with Crippen molar-refractivity contribution in [3.63, 3.8) is 0 Å². The molecule has 0 N–H and O–H groups in total. The molecule has 0 aliphatic rings. The summed E-state index contributed by atoms with van der Waals surface area (Å²) in [7, 11) is 0. The molecule has 0 saturated heterocycles. The first kappa shape index (κ1) is 22.0. The molecule has 1 aromatic carbocycles. The Hall–Kier alpha value is 0.0374. The molecule has 1 aromatic rings. The maximum absolute atomic E-state index is 5.34. The van der Waals surface area contributed by atoms with Gasteiger partial charge in [0, 0.05) is 0 Å². The molecule has 0 amide bonds. The fourth-order valence-electron chi connectivity index (χ4n) is 2.87. The first-order valence-electron chi connectivity index (χ1n) is 9.09. The minimum atomic E-state index is 0. The summed E-state index contributed by atoms with van der Waals surface area (Å²) < 4.78 is 0. The zero-order valence-electron chi connectivity index (χ0n) is 14.9. The Bertz CT molecular complexity index is 351. The van der Waals surface area contributed by atoms with Crippen molar-refractivity contribution in [1.82, 2.24) is 0 Å². The summed E-state index contributed by atoms with van der Waals surface area (Å²) in [6.45, 7) is 2.29. The van der Waals surface area contributed by atoms with Crippen LogP contribution in [-0.2, 0) is 19.0 Å². The van der Waals surface area contributed by atoms with E-state index in [-0.39, 0.29) is 18.9 Å². The third-order valence-electron chi connectivity index (χ3n) is 4.27. The second kappa shape index (κ2) is 15.9. The van der Waals surface area contributed by atoms with Gasteiger partial charge in [0.25, 0.3) is 0 Å². The number of hydrogen-bond donors (Lipinski definition) is 0. The van der Waals surface area contributed by atoms with Crippen LogP contribution in [-0.4, -0.2) is 0 Å². The topological polar surface area (TPSA) is 0 Å². The molecule has 0 radical (unpaired) electrons. The second-order valence-corrected chi connectivity index (χ2v) is 6.69. The van der Waals surface area contributed by atoms with Gasteiger partial charge in [0.05, 0.1) is 0 Å². The van der Waals surface area contributed by atoms with Crippen molar-refractivity contribution >= 4 is 12.6 Å². The average Bonchev–Trinajstić information content (AvgIpc) is 2.50. The van der Waals surface area contributed by atoms with Gasteiger partial charge in [0.1, 0.15) is 0 Å². The molecule has 0 bridgehead atoms. The van der Waals surface area contributed by atoms with Crippen molar-refractivity contribution in [2.45, 2.75) is 95.3 Å². The van der Waals surface area contributed by atoms with E-state index in [4.69, 9.17) is 12.6 Å². The van der Waals surface area contributed by atoms with Crippen molar-refractivity contribution in [3.8, 4) is 0 Å². The fraction of sp³-hybridized carbons (Fsp3) is 0.700. The smallest absolute Gasteiger partial charge is 0.779 e. The second-order valence-electron chi connectivity index (χ2n) is 6.25. The van der Waals surface area contributed by atoms with Crippen LogP contribution in [0.5, 0.6) is 0 Å². The molecule has 0 nitrogen and oxygen atoms in total.